The third kappa shape index (κ3) is 7.69. The van der Waals surface area contributed by atoms with Crippen LogP contribution >= 0.6 is 0 Å². The van der Waals surface area contributed by atoms with Crippen molar-refractivity contribution in [1.82, 2.24) is 10.6 Å². The van der Waals surface area contributed by atoms with Crippen molar-refractivity contribution in [3.8, 4) is 0 Å². The normalized spacial score (nSPS) is 12.8. The Hall–Kier alpha value is -0.570. The molecule has 0 saturated carbocycles. The summed E-state index contributed by atoms with van der Waals surface area (Å²) in [5.41, 5.74) is 0. The van der Waals surface area contributed by atoms with Crippen LogP contribution in [0.15, 0.2) is 0 Å². The number of carbonyl (C=O) groups excluding carboxylic acids is 1. The maximum atomic E-state index is 11.8. The highest BCUT2D eigenvalue weighted by atomic mass is 16.1. The van der Waals surface area contributed by atoms with Crippen molar-refractivity contribution in [3.05, 3.63) is 0 Å². The molecule has 0 saturated heterocycles. The van der Waals surface area contributed by atoms with Gasteiger partial charge in [-0.1, -0.05) is 40.5 Å². The molecule has 0 aromatic heterocycles. The molecule has 3 heteroatoms. The highest BCUT2D eigenvalue weighted by Crippen LogP contribution is 2.12. The van der Waals surface area contributed by atoms with E-state index in [9.17, 15) is 4.79 Å². The molecule has 0 heterocycles. The first-order chi connectivity index (χ1) is 7.61. The van der Waals surface area contributed by atoms with E-state index in [-0.39, 0.29) is 11.8 Å². The number of nitrogens with one attached hydrogen (secondary N) is 2. The van der Waals surface area contributed by atoms with E-state index < -0.39 is 0 Å². The van der Waals surface area contributed by atoms with Crippen molar-refractivity contribution in [1.29, 1.82) is 0 Å². The van der Waals surface area contributed by atoms with Gasteiger partial charge in [-0.15, -0.1) is 0 Å². The molecule has 2 N–H and O–H groups in total. The standard InChI is InChI=1S/C13H28N2O/c1-5-7-8-12(6-2)13(16)15-10-9-14-11(3)4/h11-12,14H,5-10H2,1-4H3,(H,15,16). The number of rotatable bonds is 9. The molecule has 0 bridgehead atoms. The monoisotopic (exact) mass is 228 g/mol. The fraction of sp³-hybridized carbons (Fsp3) is 0.923. The van der Waals surface area contributed by atoms with Crippen molar-refractivity contribution in [3.63, 3.8) is 0 Å². The maximum Gasteiger partial charge on any atom is 0.223 e. The topological polar surface area (TPSA) is 41.1 Å². The first-order valence-electron chi connectivity index (χ1n) is 6.62. The second kappa shape index (κ2) is 9.64. The first kappa shape index (κ1) is 15.4. The van der Waals surface area contributed by atoms with Crippen LogP contribution in [0.5, 0.6) is 0 Å². The van der Waals surface area contributed by atoms with Crippen molar-refractivity contribution in [2.75, 3.05) is 13.1 Å². The number of hydrogen-bond donors (Lipinski definition) is 2. The fourth-order valence-corrected chi connectivity index (χ4v) is 1.66. The largest absolute Gasteiger partial charge is 0.355 e. The van der Waals surface area contributed by atoms with Gasteiger partial charge in [-0.2, -0.15) is 0 Å². The van der Waals surface area contributed by atoms with Gasteiger partial charge < -0.3 is 10.6 Å². The van der Waals surface area contributed by atoms with E-state index in [1.54, 1.807) is 0 Å². The molecular formula is C13H28N2O. The van der Waals surface area contributed by atoms with Gasteiger partial charge in [-0.3, -0.25) is 4.79 Å². The minimum atomic E-state index is 0.207. The quantitative estimate of drug-likeness (QED) is 0.595. The molecule has 0 fully saturated rings. The van der Waals surface area contributed by atoms with Crippen molar-refractivity contribution < 1.29 is 4.79 Å². The van der Waals surface area contributed by atoms with Crippen LogP contribution in [0, 0.1) is 5.92 Å². The van der Waals surface area contributed by atoms with Crippen LogP contribution in [0.2, 0.25) is 0 Å². The molecule has 0 aliphatic carbocycles. The average molecular weight is 228 g/mol. The highest BCUT2D eigenvalue weighted by Gasteiger charge is 2.14. The summed E-state index contributed by atoms with van der Waals surface area (Å²) in [5, 5.41) is 6.28. The maximum absolute atomic E-state index is 11.8. The van der Waals surface area contributed by atoms with Gasteiger partial charge in [0.15, 0.2) is 0 Å². The molecule has 0 spiro atoms. The van der Waals surface area contributed by atoms with E-state index in [4.69, 9.17) is 0 Å². The van der Waals surface area contributed by atoms with E-state index in [0.29, 0.717) is 6.04 Å². The Balaban J connectivity index is 3.66. The molecule has 0 aliphatic heterocycles. The lowest BCUT2D eigenvalue weighted by molar-refractivity contribution is -0.125. The Morgan fingerprint density at radius 3 is 2.38 bits per heavy atom. The predicted octanol–water partition coefficient (Wildman–Crippen LogP) is 2.32. The van der Waals surface area contributed by atoms with Gasteiger partial charge >= 0.3 is 0 Å². The van der Waals surface area contributed by atoms with Crippen LogP contribution in [0.1, 0.15) is 53.4 Å². The predicted molar refractivity (Wildman–Crippen MR) is 69.5 cm³/mol. The van der Waals surface area contributed by atoms with Crippen LogP contribution in [0.3, 0.4) is 0 Å². The van der Waals surface area contributed by atoms with Crippen molar-refractivity contribution in [2.45, 2.75) is 59.4 Å². The summed E-state index contributed by atoms with van der Waals surface area (Å²) in [7, 11) is 0. The van der Waals surface area contributed by atoms with Gasteiger partial charge in [0.25, 0.3) is 0 Å². The Morgan fingerprint density at radius 2 is 1.88 bits per heavy atom. The molecule has 3 nitrogen and oxygen atoms in total. The van der Waals surface area contributed by atoms with Crippen molar-refractivity contribution in [2.24, 2.45) is 5.92 Å². The Morgan fingerprint density at radius 1 is 1.19 bits per heavy atom. The van der Waals surface area contributed by atoms with Crippen LogP contribution in [0.25, 0.3) is 0 Å². The van der Waals surface area contributed by atoms with Crippen LogP contribution in [-0.2, 0) is 4.79 Å². The van der Waals surface area contributed by atoms with Crippen molar-refractivity contribution >= 4 is 5.91 Å². The molecule has 1 amide bonds. The van der Waals surface area contributed by atoms with Gasteiger partial charge in [0.1, 0.15) is 0 Å². The number of amides is 1. The van der Waals surface area contributed by atoms with Gasteiger partial charge in [0.2, 0.25) is 5.91 Å². The first-order valence-corrected chi connectivity index (χ1v) is 6.62. The van der Waals surface area contributed by atoms with E-state index in [2.05, 4.69) is 38.3 Å². The molecule has 96 valence electrons. The highest BCUT2D eigenvalue weighted by molar-refractivity contribution is 5.78. The second-order valence-corrected chi connectivity index (χ2v) is 4.65. The SMILES string of the molecule is CCCCC(CC)C(=O)NCCNC(C)C. The molecule has 0 aromatic rings. The minimum Gasteiger partial charge on any atom is -0.355 e. The zero-order valence-corrected chi connectivity index (χ0v) is 11.3. The van der Waals surface area contributed by atoms with Crippen LogP contribution in [0.4, 0.5) is 0 Å². The molecule has 1 atom stereocenters. The Bertz CT molecular complexity index is 181. The molecule has 0 aromatic carbocycles. The van der Waals surface area contributed by atoms with E-state index in [0.717, 1.165) is 32.4 Å². The lowest BCUT2D eigenvalue weighted by Crippen LogP contribution is -2.37. The molecule has 1 unspecified atom stereocenters. The summed E-state index contributed by atoms with van der Waals surface area (Å²) in [6.07, 6.45) is 4.29. The van der Waals surface area contributed by atoms with E-state index in [1.807, 2.05) is 0 Å². The Labute approximate surface area is 100 Å². The Kier molecular flexibility index (Phi) is 9.30. The third-order valence-corrected chi connectivity index (χ3v) is 2.75. The summed E-state index contributed by atoms with van der Waals surface area (Å²) in [5.74, 6) is 0.431. The summed E-state index contributed by atoms with van der Waals surface area (Å²) in [4.78, 5) is 11.8. The molecule has 0 radical (unpaired) electrons. The van der Waals surface area contributed by atoms with Gasteiger partial charge in [-0.05, 0) is 12.8 Å². The van der Waals surface area contributed by atoms with Gasteiger partial charge in [0, 0.05) is 25.0 Å². The lowest BCUT2D eigenvalue weighted by atomic mass is 9.98. The van der Waals surface area contributed by atoms with Gasteiger partial charge in [0.05, 0.1) is 0 Å². The fourth-order valence-electron chi connectivity index (χ4n) is 1.66. The van der Waals surface area contributed by atoms with Crippen LogP contribution < -0.4 is 10.6 Å². The number of carbonyl (C=O) groups is 1. The smallest absolute Gasteiger partial charge is 0.223 e. The number of unbranched alkanes of at least 4 members (excludes halogenated alkanes) is 1. The van der Waals surface area contributed by atoms with E-state index in [1.165, 1.54) is 6.42 Å². The molecule has 16 heavy (non-hydrogen) atoms. The molecule has 0 rings (SSSR count). The zero-order chi connectivity index (χ0) is 12.4. The third-order valence-electron chi connectivity index (χ3n) is 2.75. The minimum absolute atomic E-state index is 0.207. The average Bonchev–Trinajstić information content (AvgIpc) is 2.25. The lowest BCUT2D eigenvalue weighted by Gasteiger charge is -2.15. The summed E-state index contributed by atoms with van der Waals surface area (Å²) in [6, 6.07) is 0.485. The summed E-state index contributed by atoms with van der Waals surface area (Å²) in [6.45, 7) is 10.1. The number of hydrogen-bond acceptors (Lipinski definition) is 2. The van der Waals surface area contributed by atoms with E-state index >= 15 is 0 Å². The van der Waals surface area contributed by atoms with Crippen LogP contribution in [-0.4, -0.2) is 25.0 Å². The van der Waals surface area contributed by atoms with Gasteiger partial charge in [-0.25, -0.2) is 0 Å². The summed E-state index contributed by atoms with van der Waals surface area (Å²) >= 11 is 0. The zero-order valence-electron chi connectivity index (χ0n) is 11.3. The second-order valence-electron chi connectivity index (χ2n) is 4.65. The molecular weight excluding hydrogens is 200 g/mol. The summed E-state index contributed by atoms with van der Waals surface area (Å²) < 4.78 is 0. The molecule has 0 aliphatic rings.